The van der Waals surface area contributed by atoms with E-state index < -0.39 is 0 Å². The maximum Gasteiger partial charge on any atom is 0.233 e. The van der Waals surface area contributed by atoms with Crippen molar-refractivity contribution in [3.8, 4) is 0 Å². The fourth-order valence-electron chi connectivity index (χ4n) is 2.18. The largest absolute Gasteiger partial charge is 0.467 e. The van der Waals surface area contributed by atoms with Gasteiger partial charge in [0.25, 0.3) is 0 Å². The van der Waals surface area contributed by atoms with Crippen molar-refractivity contribution in [2.24, 2.45) is 0 Å². The molecule has 7 nitrogen and oxygen atoms in total. The van der Waals surface area contributed by atoms with Gasteiger partial charge in [-0.25, -0.2) is 4.68 Å². The maximum absolute atomic E-state index is 12.3. The van der Waals surface area contributed by atoms with E-state index in [-0.39, 0.29) is 11.7 Å². The van der Waals surface area contributed by atoms with Gasteiger partial charge in [-0.15, -0.1) is 5.10 Å². The Morgan fingerprint density at radius 3 is 3.00 bits per heavy atom. The van der Waals surface area contributed by atoms with E-state index in [0.29, 0.717) is 23.3 Å². The molecule has 0 aliphatic carbocycles. The lowest BCUT2D eigenvalue weighted by Crippen LogP contribution is -2.27. The Bertz CT molecular complexity index is 837. The minimum absolute atomic E-state index is 0.0162. The second kappa shape index (κ2) is 8.17. The van der Waals surface area contributed by atoms with Gasteiger partial charge in [0, 0.05) is 18.6 Å². The summed E-state index contributed by atoms with van der Waals surface area (Å²) in [5.41, 5.74) is 0.982. The molecule has 0 fully saturated rings. The fourth-order valence-corrected chi connectivity index (χ4v) is 3.21. The summed E-state index contributed by atoms with van der Waals surface area (Å²) >= 11 is 7.27. The third-order valence-corrected chi connectivity index (χ3v) is 4.62. The van der Waals surface area contributed by atoms with Crippen LogP contribution >= 0.6 is 23.4 Å². The number of rotatable bonds is 7. The number of hydrogen-bond acceptors (Lipinski definition) is 6. The van der Waals surface area contributed by atoms with Gasteiger partial charge in [0.05, 0.1) is 12.0 Å². The van der Waals surface area contributed by atoms with Crippen molar-refractivity contribution in [1.29, 1.82) is 0 Å². The summed E-state index contributed by atoms with van der Waals surface area (Å²) in [6.07, 6.45) is 1.60. The van der Waals surface area contributed by atoms with E-state index in [4.69, 9.17) is 16.0 Å². The zero-order valence-electron chi connectivity index (χ0n) is 13.5. The highest BCUT2D eigenvalue weighted by Crippen LogP contribution is 2.17. The van der Waals surface area contributed by atoms with Crippen LogP contribution in [0.4, 0.5) is 0 Å². The number of aromatic nitrogens is 4. The van der Waals surface area contributed by atoms with Crippen molar-refractivity contribution in [2.45, 2.75) is 18.2 Å². The molecule has 0 N–H and O–H groups in total. The normalized spacial score (nSPS) is 10.8. The highest BCUT2D eigenvalue weighted by Gasteiger charge is 2.14. The lowest BCUT2D eigenvalue weighted by Gasteiger charge is -2.17. The molecule has 0 aliphatic rings. The highest BCUT2D eigenvalue weighted by atomic mass is 35.5. The Balaban J connectivity index is 1.54. The Morgan fingerprint density at radius 2 is 2.24 bits per heavy atom. The first-order chi connectivity index (χ1) is 12.1. The van der Waals surface area contributed by atoms with E-state index in [0.717, 1.165) is 11.3 Å². The second-order valence-electron chi connectivity index (χ2n) is 5.37. The van der Waals surface area contributed by atoms with Gasteiger partial charge in [0.2, 0.25) is 11.1 Å². The number of amides is 1. The molecule has 2 heterocycles. The van der Waals surface area contributed by atoms with Crippen LogP contribution in [0.25, 0.3) is 0 Å². The molecule has 130 valence electrons. The molecule has 0 radical (unpaired) electrons. The van der Waals surface area contributed by atoms with Crippen molar-refractivity contribution < 1.29 is 9.21 Å². The molecular formula is C16H16ClN5O2S. The molecule has 0 saturated heterocycles. The van der Waals surface area contributed by atoms with Gasteiger partial charge in [-0.05, 0) is 40.3 Å². The van der Waals surface area contributed by atoms with E-state index in [1.807, 2.05) is 30.3 Å². The van der Waals surface area contributed by atoms with Gasteiger partial charge < -0.3 is 9.32 Å². The maximum atomic E-state index is 12.3. The van der Waals surface area contributed by atoms with Gasteiger partial charge in [-0.3, -0.25) is 4.79 Å². The molecule has 0 aliphatic heterocycles. The van der Waals surface area contributed by atoms with Crippen molar-refractivity contribution in [2.75, 3.05) is 12.8 Å². The minimum atomic E-state index is -0.0162. The third-order valence-electron chi connectivity index (χ3n) is 3.44. The molecule has 1 amide bonds. The average molecular weight is 378 g/mol. The number of nitrogens with zero attached hydrogens (tertiary/aromatic N) is 5. The number of hydrogen-bond donors (Lipinski definition) is 0. The van der Waals surface area contributed by atoms with Crippen LogP contribution in [0.5, 0.6) is 0 Å². The van der Waals surface area contributed by atoms with Gasteiger partial charge in [0.1, 0.15) is 12.3 Å². The molecule has 3 rings (SSSR count). The number of halogens is 1. The van der Waals surface area contributed by atoms with E-state index in [9.17, 15) is 4.79 Å². The summed E-state index contributed by atoms with van der Waals surface area (Å²) in [6.45, 7) is 0.923. The number of carbonyl (C=O) groups excluding carboxylic acids is 1. The molecule has 0 spiro atoms. The second-order valence-corrected chi connectivity index (χ2v) is 6.75. The van der Waals surface area contributed by atoms with Gasteiger partial charge in [0.15, 0.2) is 0 Å². The zero-order valence-corrected chi connectivity index (χ0v) is 15.1. The van der Waals surface area contributed by atoms with Crippen LogP contribution in [0, 0.1) is 0 Å². The van der Waals surface area contributed by atoms with E-state index in [2.05, 4.69) is 15.5 Å². The van der Waals surface area contributed by atoms with Gasteiger partial charge in [-0.2, -0.15) is 0 Å². The summed E-state index contributed by atoms with van der Waals surface area (Å²) < 4.78 is 6.89. The molecule has 0 bridgehead atoms. The SMILES string of the molecule is CN(Cc1cccc(Cl)c1)C(=O)CSc1nnnn1Cc1ccco1. The monoisotopic (exact) mass is 377 g/mol. The topological polar surface area (TPSA) is 77.1 Å². The van der Waals surface area contributed by atoms with Gasteiger partial charge >= 0.3 is 0 Å². The van der Waals surface area contributed by atoms with Crippen LogP contribution in [0.2, 0.25) is 5.02 Å². The van der Waals surface area contributed by atoms with Crippen LogP contribution < -0.4 is 0 Å². The number of tetrazole rings is 1. The Kier molecular flexibility index (Phi) is 5.72. The molecule has 3 aromatic rings. The first kappa shape index (κ1) is 17.5. The molecule has 1 aromatic carbocycles. The van der Waals surface area contributed by atoms with Crippen molar-refractivity contribution in [3.63, 3.8) is 0 Å². The minimum Gasteiger partial charge on any atom is -0.467 e. The lowest BCUT2D eigenvalue weighted by molar-refractivity contribution is -0.127. The first-order valence-corrected chi connectivity index (χ1v) is 8.88. The van der Waals surface area contributed by atoms with Crippen LogP contribution in [-0.2, 0) is 17.9 Å². The van der Waals surface area contributed by atoms with Crippen molar-refractivity contribution in [3.05, 3.63) is 59.0 Å². The predicted molar refractivity (Wildman–Crippen MR) is 94.3 cm³/mol. The van der Waals surface area contributed by atoms with Crippen LogP contribution in [-0.4, -0.2) is 43.8 Å². The summed E-state index contributed by atoms with van der Waals surface area (Å²) in [7, 11) is 1.76. The van der Waals surface area contributed by atoms with E-state index in [1.165, 1.54) is 11.8 Å². The lowest BCUT2D eigenvalue weighted by atomic mass is 10.2. The standard InChI is InChI=1S/C16H16ClN5O2S/c1-21(9-12-4-2-5-13(17)8-12)15(23)11-25-16-18-19-20-22(16)10-14-6-3-7-24-14/h2-8H,9-11H2,1H3. The summed E-state index contributed by atoms with van der Waals surface area (Å²) in [6, 6.07) is 11.1. The van der Waals surface area contributed by atoms with Crippen LogP contribution in [0.3, 0.4) is 0 Å². The summed E-state index contributed by atoms with van der Waals surface area (Å²) in [5.74, 6) is 0.978. The zero-order chi connectivity index (χ0) is 17.6. The summed E-state index contributed by atoms with van der Waals surface area (Å²) in [5, 5.41) is 12.8. The highest BCUT2D eigenvalue weighted by molar-refractivity contribution is 7.99. The number of thioether (sulfide) groups is 1. The number of carbonyl (C=O) groups is 1. The van der Waals surface area contributed by atoms with Crippen molar-refractivity contribution in [1.82, 2.24) is 25.1 Å². The Morgan fingerprint density at radius 1 is 1.36 bits per heavy atom. The van der Waals surface area contributed by atoms with E-state index >= 15 is 0 Å². The van der Waals surface area contributed by atoms with Crippen LogP contribution in [0.1, 0.15) is 11.3 Å². The molecule has 0 atom stereocenters. The predicted octanol–water partition coefficient (Wildman–Crippen LogP) is 2.72. The number of benzene rings is 1. The third kappa shape index (κ3) is 4.83. The smallest absolute Gasteiger partial charge is 0.233 e. The Hall–Kier alpha value is -2.32. The van der Waals surface area contributed by atoms with Crippen molar-refractivity contribution >= 4 is 29.3 Å². The number of furan rings is 1. The molecule has 25 heavy (non-hydrogen) atoms. The van der Waals surface area contributed by atoms with E-state index in [1.54, 1.807) is 29.0 Å². The molecule has 0 unspecified atom stereocenters. The van der Waals surface area contributed by atoms with Gasteiger partial charge in [-0.1, -0.05) is 35.5 Å². The Labute approximate surface area is 153 Å². The quantitative estimate of drug-likeness (QED) is 0.589. The molecular weight excluding hydrogens is 362 g/mol. The fraction of sp³-hybridized carbons (Fsp3) is 0.250. The first-order valence-electron chi connectivity index (χ1n) is 7.51. The van der Waals surface area contributed by atoms with Crippen LogP contribution in [0.15, 0.2) is 52.2 Å². The average Bonchev–Trinajstić information content (AvgIpc) is 3.25. The molecule has 0 saturated carbocycles. The molecule has 9 heteroatoms. The molecule has 2 aromatic heterocycles. The summed E-state index contributed by atoms with van der Waals surface area (Å²) in [4.78, 5) is 14.0.